The van der Waals surface area contributed by atoms with Crippen LogP contribution in [-0.2, 0) is 17.8 Å². The molecule has 184 valence electrons. The Morgan fingerprint density at radius 3 is 2.60 bits per heavy atom. The van der Waals surface area contributed by atoms with Crippen molar-refractivity contribution in [1.29, 1.82) is 0 Å². The largest absolute Gasteiger partial charge is 0.473 e. The van der Waals surface area contributed by atoms with Gasteiger partial charge in [0, 0.05) is 23.3 Å². The van der Waals surface area contributed by atoms with E-state index in [4.69, 9.17) is 21.1 Å². The lowest BCUT2D eigenvalue weighted by Gasteiger charge is -2.28. The molecule has 5 rings (SSSR count). The van der Waals surface area contributed by atoms with Crippen LogP contribution in [0.15, 0.2) is 36.8 Å². The van der Waals surface area contributed by atoms with Crippen molar-refractivity contribution in [1.82, 2.24) is 29.6 Å². The number of halogens is 1. The van der Waals surface area contributed by atoms with Crippen LogP contribution < -0.4 is 4.74 Å². The number of hydrogen-bond donors (Lipinski definition) is 0. The van der Waals surface area contributed by atoms with Crippen LogP contribution in [0.2, 0.25) is 5.02 Å². The Morgan fingerprint density at radius 2 is 1.89 bits per heavy atom. The summed E-state index contributed by atoms with van der Waals surface area (Å²) in [5, 5.41) is 9.73. The van der Waals surface area contributed by atoms with E-state index in [1.807, 2.05) is 39.0 Å². The van der Waals surface area contributed by atoms with E-state index in [2.05, 4.69) is 24.7 Å². The van der Waals surface area contributed by atoms with Crippen molar-refractivity contribution in [2.24, 2.45) is 0 Å². The zero-order valence-electron chi connectivity index (χ0n) is 20.1. The lowest BCUT2D eigenvalue weighted by Crippen LogP contribution is -2.35. The van der Waals surface area contributed by atoms with E-state index >= 15 is 0 Å². The molecular weight excluding hydrogens is 468 g/mol. The molecule has 9 nitrogen and oxygen atoms in total. The van der Waals surface area contributed by atoms with Gasteiger partial charge in [0.25, 0.3) is 0 Å². The number of nitrogens with zero attached hydrogens (tertiary/aromatic N) is 6. The van der Waals surface area contributed by atoms with Crippen molar-refractivity contribution in [2.75, 3.05) is 0 Å². The van der Waals surface area contributed by atoms with Crippen molar-refractivity contribution < 1.29 is 14.3 Å². The van der Waals surface area contributed by atoms with Gasteiger partial charge in [0.05, 0.1) is 25.0 Å². The lowest BCUT2D eigenvalue weighted by molar-refractivity contribution is 0.0214. The van der Waals surface area contributed by atoms with E-state index in [-0.39, 0.29) is 18.1 Å². The van der Waals surface area contributed by atoms with Crippen LogP contribution in [0.4, 0.5) is 4.79 Å². The average molecular weight is 497 g/mol. The Hall–Kier alpha value is -3.20. The Morgan fingerprint density at radius 1 is 1.09 bits per heavy atom. The fourth-order valence-electron chi connectivity index (χ4n) is 4.70. The number of amides is 1. The summed E-state index contributed by atoms with van der Waals surface area (Å²) in [6, 6.07) is 5.75. The molecule has 0 unspecified atom stereocenters. The first-order chi connectivity index (χ1) is 16.8. The number of carbonyl (C=O) groups is 1. The third-order valence-corrected chi connectivity index (χ3v) is 6.48. The monoisotopic (exact) mass is 496 g/mol. The molecule has 0 N–H and O–H groups in total. The van der Waals surface area contributed by atoms with Gasteiger partial charge < -0.3 is 9.47 Å². The van der Waals surface area contributed by atoms with Crippen LogP contribution in [0.25, 0.3) is 5.69 Å². The molecule has 2 aliphatic rings. The maximum atomic E-state index is 13.0. The van der Waals surface area contributed by atoms with Crippen LogP contribution in [0.1, 0.15) is 69.6 Å². The molecule has 1 fully saturated rings. The van der Waals surface area contributed by atoms with E-state index in [0.717, 1.165) is 42.8 Å². The molecule has 1 amide bonds. The second-order valence-electron chi connectivity index (χ2n) is 10.1. The number of rotatable bonds is 3. The molecule has 10 heteroatoms. The van der Waals surface area contributed by atoms with E-state index < -0.39 is 5.60 Å². The molecule has 35 heavy (non-hydrogen) atoms. The zero-order chi connectivity index (χ0) is 24.6. The standard InChI is InChI=1S/C25H29ClN6O3/c1-25(2,3)35-24(33)31-14-17-12-18(26)6-9-20(17)32-21(15-31)29-30-23(32)16-4-7-19(8-5-16)34-22-13-27-10-11-28-22/h6,9-13,16,19H,4-5,7-8,14-15H2,1-3H3/t16-,19-. The molecule has 1 saturated carbocycles. The second kappa shape index (κ2) is 9.45. The van der Waals surface area contributed by atoms with Crippen molar-refractivity contribution in [3.63, 3.8) is 0 Å². The number of benzene rings is 1. The fraction of sp³-hybridized carbons (Fsp3) is 0.480. The lowest BCUT2D eigenvalue weighted by atomic mass is 9.86. The quantitative estimate of drug-likeness (QED) is 0.499. The van der Waals surface area contributed by atoms with Crippen LogP contribution in [0.3, 0.4) is 0 Å². The molecule has 0 spiro atoms. The van der Waals surface area contributed by atoms with Gasteiger partial charge in [0.15, 0.2) is 5.82 Å². The molecule has 0 atom stereocenters. The molecular formula is C25H29ClN6O3. The highest BCUT2D eigenvalue weighted by Crippen LogP contribution is 2.37. The number of hydrogen-bond acceptors (Lipinski definition) is 7. The van der Waals surface area contributed by atoms with E-state index in [1.165, 1.54) is 0 Å². The van der Waals surface area contributed by atoms with Crippen molar-refractivity contribution in [3.8, 4) is 11.6 Å². The van der Waals surface area contributed by atoms with Gasteiger partial charge >= 0.3 is 6.09 Å². The van der Waals surface area contributed by atoms with Crippen molar-refractivity contribution in [2.45, 2.75) is 77.2 Å². The van der Waals surface area contributed by atoms with E-state index in [9.17, 15) is 4.79 Å². The highest BCUT2D eigenvalue weighted by Gasteiger charge is 2.33. The maximum absolute atomic E-state index is 13.0. The van der Waals surface area contributed by atoms with Crippen molar-refractivity contribution >= 4 is 17.7 Å². The van der Waals surface area contributed by atoms with Gasteiger partial charge in [-0.25, -0.2) is 9.78 Å². The maximum Gasteiger partial charge on any atom is 0.411 e. The third kappa shape index (κ3) is 5.24. The average Bonchev–Trinajstić information content (AvgIpc) is 3.15. The molecule has 3 heterocycles. The van der Waals surface area contributed by atoms with Crippen LogP contribution >= 0.6 is 11.6 Å². The summed E-state index contributed by atoms with van der Waals surface area (Å²) in [4.78, 5) is 22.9. The molecule has 0 bridgehead atoms. The number of fused-ring (bicyclic) bond motifs is 3. The van der Waals surface area contributed by atoms with Gasteiger partial charge in [-0.05, 0) is 70.2 Å². The normalized spacial score (nSPS) is 19.9. The Balaban J connectivity index is 1.40. The second-order valence-corrected chi connectivity index (χ2v) is 10.5. The van der Waals surface area contributed by atoms with Gasteiger partial charge in [0.2, 0.25) is 5.88 Å². The first-order valence-electron chi connectivity index (χ1n) is 11.9. The molecule has 0 radical (unpaired) electrons. The highest BCUT2D eigenvalue weighted by molar-refractivity contribution is 6.30. The molecule has 3 aromatic rings. The Labute approximate surface area is 209 Å². The fourth-order valence-corrected chi connectivity index (χ4v) is 4.90. The summed E-state index contributed by atoms with van der Waals surface area (Å²) in [6.07, 6.45) is 8.24. The van der Waals surface area contributed by atoms with Crippen LogP contribution in [0, 0.1) is 0 Å². The predicted octanol–water partition coefficient (Wildman–Crippen LogP) is 5.07. The Kier molecular flexibility index (Phi) is 6.35. The van der Waals surface area contributed by atoms with Gasteiger partial charge in [-0.1, -0.05) is 11.6 Å². The van der Waals surface area contributed by atoms with Crippen LogP contribution in [0.5, 0.6) is 5.88 Å². The van der Waals surface area contributed by atoms with Crippen molar-refractivity contribution in [3.05, 3.63) is 59.0 Å². The first-order valence-corrected chi connectivity index (χ1v) is 12.3. The Bertz CT molecular complexity index is 1200. The van der Waals surface area contributed by atoms with Crippen LogP contribution in [-0.4, -0.2) is 47.4 Å². The van der Waals surface area contributed by atoms with Gasteiger partial charge in [-0.3, -0.25) is 14.5 Å². The molecule has 1 aliphatic carbocycles. The van der Waals surface area contributed by atoms with E-state index in [0.29, 0.717) is 29.8 Å². The molecule has 2 aromatic heterocycles. The predicted molar refractivity (Wildman–Crippen MR) is 130 cm³/mol. The van der Waals surface area contributed by atoms with Gasteiger partial charge in [0.1, 0.15) is 17.5 Å². The SMILES string of the molecule is CC(C)(C)OC(=O)N1Cc2cc(Cl)ccc2-n2c(nnc2[C@H]2CC[C@H](Oc3cnccn3)CC2)C1. The highest BCUT2D eigenvalue weighted by atomic mass is 35.5. The number of carbonyl (C=O) groups excluding carboxylic acids is 1. The number of aromatic nitrogens is 5. The minimum atomic E-state index is -0.592. The summed E-state index contributed by atoms with van der Waals surface area (Å²) < 4.78 is 13.8. The summed E-state index contributed by atoms with van der Waals surface area (Å²) in [5.41, 5.74) is 1.29. The van der Waals surface area contributed by atoms with E-state index in [1.54, 1.807) is 23.5 Å². The first kappa shape index (κ1) is 23.5. The van der Waals surface area contributed by atoms with Gasteiger partial charge in [-0.2, -0.15) is 0 Å². The summed E-state index contributed by atoms with van der Waals surface area (Å²) in [5.74, 6) is 2.41. The minimum absolute atomic E-state index is 0.100. The zero-order valence-corrected chi connectivity index (χ0v) is 20.9. The summed E-state index contributed by atoms with van der Waals surface area (Å²) in [6.45, 7) is 6.27. The summed E-state index contributed by atoms with van der Waals surface area (Å²) in [7, 11) is 0. The number of ether oxygens (including phenoxy) is 2. The topological polar surface area (TPSA) is 95.3 Å². The molecule has 1 aliphatic heterocycles. The smallest absolute Gasteiger partial charge is 0.411 e. The summed E-state index contributed by atoms with van der Waals surface area (Å²) >= 11 is 6.34. The molecule has 0 saturated heterocycles. The third-order valence-electron chi connectivity index (χ3n) is 6.25. The minimum Gasteiger partial charge on any atom is -0.473 e. The molecule has 1 aromatic carbocycles. The van der Waals surface area contributed by atoms with Gasteiger partial charge in [-0.15, -0.1) is 10.2 Å².